The third-order valence-corrected chi connectivity index (χ3v) is 4.86. The molecule has 116 valence electrons. The van der Waals surface area contributed by atoms with Crippen LogP contribution in [0.3, 0.4) is 0 Å². The maximum absolute atomic E-state index is 11.9. The molecule has 2 aromatic rings. The number of H-pyrrole nitrogens is 1. The van der Waals surface area contributed by atoms with E-state index in [1.54, 1.807) is 26.0 Å². The Morgan fingerprint density at radius 1 is 1.32 bits per heavy atom. The first-order valence-electron chi connectivity index (χ1n) is 6.83. The van der Waals surface area contributed by atoms with Crippen molar-refractivity contribution in [3.8, 4) is 11.5 Å². The van der Waals surface area contributed by atoms with E-state index in [2.05, 4.69) is 15.5 Å². The van der Waals surface area contributed by atoms with Crippen LogP contribution in [0.1, 0.15) is 22.1 Å². The topological polar surface area (TPSA) is 76.2 Å². The maximum atomic E-state index is 11.9. The summed E-state index contributed by atoms with van der Waals surface area (Å²) in [6.45, 7) is 1.95. The highest BCUT2D eigenvalue weighted by Crippen LogP contribution is 2.47. The Balaban J connectivity index is 2.16. The lowest BCUT2D eigenvalue weighted by molar-refractivity contribution is -0.113. The predicted molar refractivity (Wildman–Crippen MR) is 85.8 cm³/mol. The lowest BCUT2D eigenvalue weighted by Crippen LogP contribution is -2.12. The van der Waals surface area contributed by atoms with Gasteiger partial charge >= 0.3 is 0 Å². The fourth-order valence-corrected chi connectivity index (χ4v) is 3.84. The third-order valence-electron chi connectivity index (χ3n) is 3.61. The van der Waals surface area contributed by atoms with Crippen LogP contribution in [0.5, 0.6) is 11.5 Å². The number of thioether (sulfide) groups is 1. The molecule has 0 bridgehead atoms. The second kappa shape index (κ2) is 5.92. The fourth-order valence-electron chi connectivity index (χ4n) is 2.63. The van der Waals surface area contributed by atoms with Crippen molar-refractivity contribution in [1.82, 2.24) is 10.2 Å². The molecule has 0 fully saturated rings. The van der Waals surface area contributed by atoms with Gasteiger partial charge in [0.05, 0.1) is 25.2 Å². The minimum atomic E-state index is -0.0576. The minimum absolute atomic E-state index is 0.0536. The molecule has 1 aliphatic rings. The van der Waals surface area contributed by atoms with Crippen molar-refractivity contribution in [2.75, 3.05) is 25.3 Å². The van der Waals surface area contributed by atoms with Crippen LogP contribution in [-0.4, -0.2) is 36.1 Å². The molecule has 0 spiro atoms. The molecule has 3 rings (SSSR count). The van der Waals surface area contributed by atoms with Gasteiger partial charge in [-0.05, 0) is 13.0 Å². The Morgan fingerprint density at radius 3 is 2.86 bits per heavy atom. The Labute approximate surface area is 132 Å². The van der Waals surface area contributed by atoms with Gasteiger partial charge in [-0.2, -0.15) is 5.10 Å². The number of aromatic amines is 1. The number of nitrogens with zero attached hydrogens (tertiary/aromatic N) is 1. The first-order valence-corrected chi connectivity index (χ1v) is 7.87. The lowest BCUT2D eigenvalue weighted by atomic mass is 10.0. The smallest absolute Gasteiger partial charge is 0.235 e. The van der Waals surface area contributed by atoms with E-state index in [1.165, 1.54) is 0 Å². The molecule has 1 aliphatic heterocycles. The van der Waals surface area contributed by atoms with Crippen LogP contribution in [-0.2, 0) is 4.79 Å². The molecule has 1 amide bonds. The first-order chi connectivity index (χ1) is 10.7. The van der Waals surface area contributed by atoms with Gasteiger partial charge in [-0.25, -0.2) is 0 Å². The van der Waals surface area contributed by atoms with Crippen molar-refractivity contribution >= 4 is 23.5 Å². The van der Waals surface area contributed by atoms with Gasteiger partial charge in [-0.15, -0.1) is 11.8 Å². The van der Waals surface area contributed by atoms with E-state index < -0.39 is 0 Å². The molecule has 2 heterocycles. The molecule has 7 heteroatoms. The van der Waals surface area contributed by atoms with Gasteiger partial charge in [-0.3, -0.25) is 9.89 Å². The zero-order chi connectivity index (χ0) is 15.7. The van der Waals surface area contributed by atoms with Gasteiger partial charge in [-0.1, -0.05) is 12.1 Å². The normalized spacial score (nSPS) is 17.4. The van der Waals surface area contributed by atoms with Gasteiger partial charge in [0.15, 0.2) is 17.3 Å². The predicted octanol–water partition coefficient (Wildman–Crippen LogP) is 2.51. The quantitative estimate of drug-likeness (QED) is 0.909. The molecule has 1 unspecified atom stereocenters. The number of aromatic nitrogens is 2. The molecule has 1 aromatic carbocycles. The van der Waals surface area contributed by atoms with Crippen LogP contribution in [0.15, 0.2) is 18.2 Å². The molecule has 2 N–H and O–H groups in total. The summed E-state index contributed by atoms with van der Waals surface area (Å²) < 4.78 is 10.9. The summed E-state index contributed by atoms with van der Waals surface area (Å²) in [4.78, 5) is 11.9. The lowest BCUT2D eigenvalue weighted by Gasteiger charge is -2.19. The highest BCUT2D eigenvalue weighted by molar-refractivity contribution is 8.00. The van der Waals surface area contributed by atoms with Crippen molar-refractivity contribution in [3.05, 3.63) is 35.0 Å². The number of nitrogens with one attached hydrogen (secondary N) is 2. The number of rotatable bonds is 3. The highest BCUT2D eigenvalue weighted by atomic mass is 32.2. The largest absolute Gasteiger partial charge is 0.493 e. The molecule has 0 aliphatic carbocycles. The number of anilines is 1. The van der Waals surface area contributed by atoms with Crippen LogP contribution in [0.2, 0.25) is 0 Å². The van der Waals surface area contributed by atoms with Gasteiger partial charge in [0, 0.05) is 16.8 Å². The first kappa shape index (κ1) is 14.8. The number of ether oxygens (including phenoxy) is 2. The van der Waals surface area contributed by atoms with Crippen LogP contribution < -0.4 is 14.8 Å². The van der Waals surface area contributed by atoms with Gasteiger partial charge in [0.25, 0.3) is 0 Å². The summed E-state index contributed by atoms with van der Waals surface area (Å²) in [6.07, 6.45) is 0. The van der Waals surface area contributed by atoms with Crippen LogP contribution in [0, 0.1) is 6.92 Å². The number of aryl methyl sites for hydroxylation is 1. The van der Waals surface area contributed by atoms with E-state index in [9.17, 15) is 4.79 Å². The van der Waals surface area contributed by atoms with E-state index in [0.29, 0.717) is 23.1 Å². The molecule has 6 nitrogen and oxygen atoms in total. The van der Waals surface area contributed by atoms with Crippen molar-refractivity contribution < 1.29 is 14.3 Å². The molecule has 1 aromatic heterocycles. The number of amides is 1. The Morgan fingerprint density at radius 2 is 2.14 bits per heavy atom. The number of carbonyl (C=O) groups is 1. The average molecular weight is 319 g/mol. The summed E-state index contributed by atoms with van der Waals surface area (Å²) in [5.74, 6) is 2.25. The van der Waals surface area contributed by atoms with Crippen molar-refractivity contribution in [2.45, 2.75) is 12.2 Å². The summed E-state index contributed by atoms with van der Waals surface area (Å²) in [5, 5.41) is 9.92. The number of methoxy groups -OCH3 is 2. The third kappa shape index (κ3) is 2.41. The van der Waals surface area contributed by atoms with E-state index in [1.807, 2.05) is 25.1 Å². The summed E-state index contributed by atoms with van der Waals surface area (Å²) in [6, 6.07) is 5.77. The van der Waals surface area contributed by atoms with Gasteiger partial charge in [0.1, 0.15) is 0 Å². The monoisotopic (exact) mass is 319 g/mol. The SMILES string of the molecule is COc1cccc(C2SCC(=O)Nc3n[nH]c(C)c32)c1OC. The van der Waals surface area contributed by atoms with Crippen LogP contribution in [0.25, 0.3) is 0 Å². The van der Waals surface area contributed by atoms with Gasteiger partial charge in [0.2, 0.25) is 5.91 Å². The van der Waals surface area contributed by atoms with E-state index in [4.69, 9.17) is 9.47 Å². The molecule has 0 radical (unpaired) electrons. The number of fused-ring (bicyclic) bond motifs is 1. The second-order valence-electron chi connectivity index (χ2n) is 4.93. The Kier molecular flexibility index (Phi) is 3.98. The number of para-hydroxylation sites is 1. The zero-order valence-electron chi connectivity index (χ0n) is 12.6. The average Bonchev–Trinajstić information content (AvgIpc) is 2.79. The number of hydrogen-bond acceptors (Lipinski definition) is 5. The second-order valence-corrected chi connectivity index (χ2v) is 6.03. The molecule has 22 heavy (non-hydrogen) atoms. The molecule has 1 atom stereocenters. The molecule has 0 saturated carbocycles. The highest BCUT2D eigenvalue weighted by Gasteiger charge is 2.30. The maximum Gasteiger partial charge on any atom is 0.235 e. The zero-order valence-corrected chi connectivity index (χ0v) is 13.4. The van der Waals surface area contributed by atoms with E-state index in [0.717, 1.165) is 16.8 Å². The summed E-state index contributed by atoms with van der Waals surface area (Å²) in [5.41, 5.74) is 2.87. The standard InChI is InChI=1S/C15H17N3O3S/c1-8-12-14(22-7-11(19)16-15(12)18-17-8)9-5-4-6-10(20-2)13(9)21-3/h4-6,14H,7H2,1-3H3,(H2,16,17,18,19). The molecular weight excluding hydrogens is 302 g/mol. The molecular formula is C15H17N3O3S. The summed E-state index contributed by atoms with van der Waals surface area (Å²) >= 11 is 1.55. The van der Waals surface area contributed by atoms with Crippen molar-refractivity contribution in [2.24, 2.45) is 0 Å². The van der Waals surface area contributed by atoms with E-state index >= 15 is 0 Å². The van der Waals surface area contributed by atoms with Crippen molar-refractivity contribution in [1.29, 1.82) is 0 Å². The fraction of sp³-hybridized carbons (Fsp3) is 0.333. The Bertz CT molecular complexity index is 714. The van der Waals surface area contributed by atoms with Crippen LogP contribution in [0.4, 0.5) is 5.82 Å². The number of hydrogen-bond donors (Lipinski definition) is 2. The van der Waals surface area contributed by atoms with Crippen LogP contribution >= 0.6 is 11.8 Å². The number of benzene rings is 1. The van der Waals surface area contributed by atoms with Gasteiger partial charge < -0.3 is 14.8 Å². The minimum Gasteiger partial charge on any atom is -0.493 e. The van der Waals surface area contributed by atoms with Crippen molar-refractivity contribution in [3.63, 3.8) is 0 Å². The van der Waals surface area contributed by atoms with E-state index in [-0.39, 0.29) is 11.2 Å². The Hall–Kier alpha value is -2.15. The number of carbonyl (C=O) groups excluding carboxylic acids is 1. The summed E-state index contributed by atoms with van der Waals surface area (Å²) in [7, 11) is 3.23. The molecule has 0 saturated heterocycles.